The van der Waals surface area contributed by atoms with Crippen molar-refractivity contribution in [2.24, 2.45) is 5.73 Å². The Morgan fingerprint density at radius 2 is 1.90 bits per heavy atom. The summed E-state index contributed by atoms with van der Waals surface area (Å²) in [6.45, 7) is 0.520. The average molecular weight is 335 g/mol. The first-order chi connectivity index (χ1) is 10.2. The van der Waals surface area contributed by atoms with Gasteiger partial charge in [-0.1, -0.05) is 53.5 Å². The smallest absolute Gasteiger partial charge is 0.124 e. The van der Waals surface area contributed by atoms with E-state index < -0.39 is 0 Å². The molecule has 1 aromatic heterocycles. The van der Waals surface area contributed by atoms with Gasteiger partial charge in [0, 0.05) is 23.1 Å². The molecule has 0 fully saturated rings. The molecule has 0 saturated heterocycles. The third-order valence-electron chi connectivity index (χ3n) is 3.14. The molecule has 21 heavy (non-hydrogen) atoms. The van der Waals surface area contributed by atoms with Crippen LogP contribution in [0.1, 0.15) is 5.56 Å². The summed E-state index contributed by atoms with van der Waals surface area (Å²) < 4.78 is 0. The van der Waals surface area contributed by atoms with Gasteiger partial charge in [-0.15, -0.1) is 11.3 Å². The van der Waals surface area contributed by atoms with E-state index in [9.17, 15) is 0 Å². The van der Waals surface area contributed by atoms with E-state index in [1.807, 2.05) is 35.7 Å². The van der Waals surface area contributed by atoms with Gasteiger partial charge in [0.05, 0.1) is 15.7 Å². The predicted molar refractivity (Wildman–Crippen MR) is 90.9 cm³/mol. The van der Waals surface area contributed by atoms with E-state index in [1.54, 1.807) is 17.4 Å². The molecule has 0 aliphatic carbocycles. The van der Waals surface area contributed by atoms with Crippen molar-refractivity contribution in [2.75, 3.05) is 0 Å². The molecule has 2 N–H and O–H groups in total. The number of hydrogen-bond acceptors (Lipinski definition) is 3. The van der Waals surface area contributed by atoms with Gasteiger partial charge in [-0.3, -0.25) is 0 Å². The fraction of sp³-hybridized carbons (Fsp3) is 0.0625. The minimum Gasteiger partial charge on any atom is -0.326 e. The molecule has 0 aliphatic heterocycles. The first-order valence-electron chi connectivity index (χ1n) is 6.38. The number of rotatable bonds is 3. The Bertz CT molecular complexity index is 783. The number of nitrogens with zero attached hydrogens (tertiary/aromatic N) is 1. The van der Waals surface area contributed by atoms with Gasteiger partial charge in [0.2, 0.25) is 0 Å². The highest BCUT2D eigenvalue weighted by molar-refractivity contribution is 7.13. The summed E-state index contributed by atoms with van der Waals surface area (Å²) in [4.78, 5) is 4.66. The molecule has 0 unspecified atom stereocenters. The summed E-state index contributed by atoms with van der Waals surface area (Å²) in [5, 5.41) is 4.00. The van der Waals surface area contributed by atoms with Crippen molar-refractivity contribution in [3.8, 4) is 21.8 Å². The second-order valence-corrected chi connectivity index (χ2v) is 6.19. The van der Waals surface area contributed by atoms with Crippen molar-refractivity contribution >= 4 is 34.5 Å². The van der Waals surface area contributed by atoms with Crippen LogP contribution in [-0.4, -0.2) is 4.98 Å². The topological polar surface area (TPSA) is 38.9 Å². The van der Waals surface area contributed by atoms with E-state index in [2.05, 4.69) is 11.1 Å². The maximum absolute atomic E-state index is 6.25. The van der Waals surface area contributed by atoms with Crippen LogP contribution < -0.4 is 5.73 Å². The third-order valence-corrected chi connectivity index (χ3v) is 4.85. The maximum atomic E-state index is 6.25. The number of benzene rings is 2. The van der Waals surface area contributed by atoms with Gasteiger partial charge in [0.15, 0.2) is 0 Å². The second-order valence-electron chi connectivity index (χ2n) is 4.54. The van der Waals surface area contributed by atoms with Crippen molar-refractivity contribution in [1.82, 2.24) is 4.98 Å². The van der Waals surface area contributed by atoms with Crippen molar-refractivity contribution in [2.45, 2.75) is 6.54 Å². The lowest BCUT2D eigenvalue weighted by Crippen LogP contribution is -1.95. The molecule has 5 heteroatoms. The highest BCUT2D eigenvalue weighted by Gasteiger charge is 2.11. The Labute approximate surface area is 137 Å². The Morgan fingerprint density at radius 3 is 2.71 bits per heavy atom. The van der Waals surface area contributed by atoms with Crippen LogP contribution in [0, 0.1) is 0 Å². The first-order valence-corrected chi connectivity index (χ1v) is 8.02. The van der Waals surface area contributed by atoms with Crippen molar-refractivity contribution < 1.29 is 0 Å². The molecule has 0 atom stereocenters. The minimum absolute atomic E-state index is 0.520. The number of hydrogen-bond donors (Lipinski definition) is 1. The molecular weight excluding hydrogens is 323 g/mol. The molecule has 0 saturated carbocycles. The van der Waals surface area contributed by atoms with E-state index in [0.29, 0.717) is 16.6 Å². The van der Waals surface area contributed by atoms with Crippen molar-refractivity contribution in [3.05, 3.63) is 63.5 Å². The molecule has 1 heterocycles. The third kappa shape index (κ3) is 2.97. The van der Waals surface area contributed by atoms with Gasteiger partial charge in [0.25, 0.3) is 0 Å². The highest BCUT2D eigenvalue weighted by atomic mass is 35.5. The van der Waals surface area contributed by atoms with Crippen LogP contribution >= 0.6 is 34.5 Å². The minimum atomic E-state index is 0.520. The van der Waals surface area contributed by atoms with Gasteiger partial charge >= 0.3 is 0 Å². The largest absolute Gasteiger partial charge is 0.326 e. The van der Waals surface area contributed by atoms with Crippen LogP contribution in [0.3, 0.4) is 0 Å². The second kappa shape index (κ2) is 6.16. The van der Waals surface area contributed by atoms with E-state index in [4.69, 9.17) is 28.9 Å². The van der Waals surface area contributed by atoms with Crippen molar-refractivity contribution in [3.63, 3.8) is 0 Å². The molecule has 2 nitrogen and oxygen atoms in total. The summed E-state index contributed by atoms with van der Waals surface area (Å²) in [6, 6.07) is 13.6. The van der Waals surface area contributed by atoms with Gasteiger partial charge in [-0.2, -0.15) is 0 Å². The Balaban J connectivity index is 2.01. The monoisotopic (exact) mass is 334 g/mol. The molecule has 0 bridgehead atoms. The van der Waals surface area contributed by atoms with Gasteiger partial charge in [-0.25, -0.2) is 4.98 Å². The number of nitrogens with two attached hydrogens (primary N) is 1. The molecular formula is C16H12Cl2N2S. The lowest BCUT2D eigenvalue weighted by molar-refractivity contribution is 1.07. The number of halogens is 2. The highest BCUT2D eigenvalue weighted by Crippen LogP contribution is 2.35. The zero-order valence-electron chi connectivity index (χ0n) is 11.0. The van der Waals surface area contributed by atoms with Gasteiger partial charge < -0.3 is 5.73 Å². The Kier molecular flexibility index (Phi) is 4.27. The SMILES string of the molecule is NCc1cccc(-c2nc(-c3cccc(Cl)c3Cl)cs2)c1. The fourth-order valence-corrected chi connectivity index (χ4v) is 3.28. The fourth-order valence-electron chi connectivity index (χ4n) is 2.06. The quantitative estimate of drug-likeness (QED) is 0.711. The lowest BCUT2D eigenvalue weighted by atomic mass is 10.1. The molecule has 0 aliphatic rings. The van der Waals surface area contributed by atoms with Crippen LogP contribution in [0.2, 0.25) is 10.0 Å². The normalized spacial score (nSPS) is 10.8. The Hall–Kier alpha value is -1.39. The number of aromatic nitrogens is 1. The zero-order valence-corrected chi connectivity index (χ0v) is 13.3. The van der Waals surface area contributed by atoms with Crippen LogP contribution in [-0.2, 0) is 6.54 Å². The van der Waals surface area contributed by atoms with Gasteiger partial charge in [0.1, 0.15) is 5.01 Å². The summed E-state index contributed by atoms with van der Waals surface area (Å²) >= 11 is 13.9. The van der Waals surface area contributed by atoms with Crippen LogP contribution in [0.15, 0.2) is 47.8 Å². The van der Waals surface area contributed by atoms with Crippen LogP contribution in [0.5, 0.6) is 0 Å². The summed E-state index contributed by atoms with van der Waals surface area (Å²) in [5.74, 6) is 0. The molecule has 0 amide bonds. The lowest BCUT2D eigenvalue weighted by Gasteiger charge is -2.02. The van der Waals surface area contributed by atoms with Crippen LogP contribution in [0.25, 0.3) is 21.8 Å². The number of thiazole rings is 1. The predicted octanol–water partition coefficient (Wildman–Crippen LogP) is 5.24. The molecule has 0 radical (unpaired) electrons. The molecule has 106 valence electrons. The summed E-state index contributed by atoms with van der Waals surface area (Å²) in [7, 11) is 0. The molecule has 3 rings (SSSR count). The van der Waals surface area contributed by atoms with Gasteiger partial charge in [-0.05, 0) is 17.7 Å². The van der Waals surface area contributed by atoms with E-state index in [-0.39, 0.29) is 0 Å². The van der Waals surface area contributed by atoms with E-state index >= 15 is 0 Å². The van der Waals surface area contributed by atoms with E-state index in [1.165, 1.54) is 0 Å². The average Bonchev–Trinajstić information content (AvgIpc) is 3.00. The maximum Gasteiger partial charge on any atom is 0.124 e. The summed E-state index contributed by atoms with van der Waals surface area (Å²) in [5.41, 5.74) is 9.51. The zero-order chi connectivity index (χ0) is 14.8. The first kappa shape index (κ1) is 14.5. The summed E-state index contributed by atoms with van der Waals surface area (Å²) in [6.07, 6.45) is 0. The van der Waals surface area contributed by atoms with Crippen molar-refractivity contribution in [1.29, 1.82) is 0 Å². The van der Waals surface area contributed by atoms with E-state index in [0.717, 1.165) is 27.4 Å². The van der Waals surface area contributed by atoms with Crippen LogP contribution in [0.4, 0.5) is 0 Å². The molecule has 0 spiro atoms. The molecule has 3 aromatic rings. The molecule has 2 aromatic carbocycles. The Morgan fingerprint density at radius 1 is 1.10 bits per heavy atom. The standard InChI is InChI=1S/C16H12Cl2N2S/c17-13-6-2-5-12(15(13)18)14-9-21-16(20-14)11-4-1-3-10(7-11)8-19/h1-7,9H,8,19H2.